The van der Waals surface area contributed by atoms with Crippen LogP contribution in [0.2, 0.25) is 0 Å². The molecule has 0 aliphatic rings. The Balaban J connectivity index is 1.92. The van der Waals surface area contributed by atoms with Crippen molar-refractivity contribution in [3.8, 4) is 0 Å². The van der Waals surface area contributed by atoms with E-state index >= 15 is 0 Å². The van der Waals surface area contributed by atoms with Crippen LogP contribution in [0.5, 0.6) is 0 Å². The van der Waals surface area contributed by atoms with Gasteiger partial charge in [0.15, 0.2) is 16.3 Å². The first kappa shape index (κ1) is 17.4. The van der Waals surface area contributed by atoms with Crippen LogP contribution in [0, 0.1) is 6.92 Å². The summed E-state index contributed by atoms with van der Waals surface area (Å²) in [6.07, 6.45) is 0. The molecule has 0 unspecified atom stereocenters. The van der Waals surface area contributed by atoms with Gasteiger partial charge >= 0.3 is 5.69 Å². The molecule has 2 heterocycles. The Kier molecular flexibility index (Phi) is 4.45. The minimum atomic E-state index is -0.469. The van der Waals surface area contributed by atoms with E-state index in [-0.39, 0.29) is 0 Å². The number of imidazole rings is 1. The zero-order chi connectivity index (χ0) is 19.0. The van der Waals surface area contributed by atoms with E-state index in [1.807, 2.05) is 60.0 Å². The number of aromatic amines is 1. The van der Waals surface area contributed by atoms with Crippen molar-refractivity contribution < 1.29 is 0 Å². The number of benzene rings is 2. The Morgan fingerprint density at radius 3 is 2.59 bits per heavy atom. The van der Waals surface area contributed by atoms with Crippen LogP contribution in [0.3, 0.4) is 0 Å². The van der Waals surface area contributed by atoms with Crippen molar-refractivity contribution in [1.82, 2.24) is 19.1 Å². The summed E-state index contributed by atoms with van der Waals surface area (Å²) in [5.41, 5.74) is 2.11. The lowest BCUT2D eigenvalue weighted by atomic mass is 10.1. The predicted molar refractivity (Wildman–Crippen MR) is 106 cm³/mol. The van der Waals surface area contributed by atoms with Gasteiger partial charge in [-0.15, -0.1) is 0 Å². The Bertz CT molecular complexity index is 1240. The van der Waals surface area contributed by atoms with Crippen molar-refractivity contribution in [2.45, 2.75) is 23.5 Å². The van der Waals surface area contributed by atoms with Crippen LogP contribution in [0.1, 0.15) is 11.1 Å². The lowest BCUT2D eigenvalue weighted by Crippen LogP contribution is -2.29. The second kappa shape index (κ2) is 6.92. The van der Waals surface area contributed by atoms with Crippen LogP contribution in [0.4, 0.5) is 0 Å². The highest BCUT2D eigenvalue weighted by Gasteiger charge is 2.18. The molecule has 4 aromatic rings. The zero-order valence-corrected chi connectivity index (χ0v) is 15.8. The summed E-state index contributed by atoms with van der Waals surface area (Å²) < 4.78 is 3.25. The molecule has 4 rings (SSSR count). The predicted octanol–water partition coefficient (Wildman–Crippen LogP) is 2.93. The maximum atomic E-state index is 12.6. The summed E-state index contributed by atoms with van der Waals surface area (Å²) in [4.78, 5) is 32.6. The molecule has 1 N–H and O–H groups in total. The topological polar surface area (TPSA) is 72.7 Å². The molecule has 2 aromatic carbocycles. The lowest BCUT2D eigenvalue weighted by molar-refractivity contribution is 0.727. The van der Waals surface area contributed by atoms with E-state index in [0.717, 1.165) is 16.0 Å². The van der Waals surface area contributed by atoms with E-state index in [0.29, 0.717) is 22.9 Å². The fourth-order valence-corrected chi connectivity index (χ4v) is 3.93. The monoisotopic (exact) mass is 378 g/mol. The van der Waals surface area contributed by atoms with E-state index in [4.69, 9.17) is 0 Å². The summed E-state index contributed by atoms with van der Waals surface area (Å²) in [5.74, 6) is 0. The van der Waals surface area contributed by atoms with Gasteiger partial charge in [-0.05, 0) is 24.6 Å². The van der Waals surface area contributed by atoms with Crippen LogP contribution in [0.15, 0.2) is 74.2 Å². The van der Waals surface area contributed by atoms with Gasteiger partial charge < -0.3 is 4.57 Å². The Labute approximate surface area is 159 Å². The van der Waals surface area contributed by atoms with Gasteiger partial charge in [-0.1, -0.05) is 59.8 Å². The van der Waals surface area contributed by atoms with Crippen molar-refractivity contribution in [3.05, 3.63) is 86.6 Å². The molecule has 0 atom stereocenters. The Morgan fingerprint density at radius 1 is 1.07 bits per heavy atom. The molecule has 6 nitrogen and oxygen atoms in total. The molecule has 0 aliphatic carbocycles. The maximum Gasteiger partial charge on any atom is 0.329 e. The first-order valence-electron chi connectivity index (χ1n) is 8.51. The van der Waals surface area contributed by atoms with Crippen molar-refractivity contribution in [2.24, 2.45) is 7.05 Å². The highest BCUT2D eigenvalue weighted by atomic mass is 32.2. The molecule has 2 aromatic heterocycles. The summed E-state index contributed by atoms with van der Waals surface area (Å²) in [6, 6.07) is 18.0. The largest absolute Gasteiger partial charge is 0.329 e. The molecule has 0 radical (unpaired) electrons. The molecule has 0 fully saturated rings. The van der Waals surface area contributed by atoms with Crippen LogP contribution in [0.25, 0.3) is 11.2 Å². The third-order valence-electron chi connectivity index (χ3n) is 4.35. The number of rotatable bonds is 4. The van der Waals surface area contributed by atoms with Gasteiger partial charge in [0.05, 0.1) is 6.54 Å². The van der Waals surface area contributed by atoms with Crippen molar-refractivity contribution in [1.29, 1.82) is 0 Å². The van der Waals surface area contributed by atoms with Crippen molar-refractivity contribution >= 4 is 22.9 Å². The average molecular weight is 378 g/mol. The molecule has 136 valence electrons. The summed E-state index contributed by atoms with van der Waals surface area (Å²) in [6.45, 7) is 2.53. The Hall–Kier alpha value is -3.06. The molecule has 0 amide bonds. The van der Waals surface area contributed by atoms with Gasteiger partial charge in [0, 0.05) is 11.9 Å². The quantitative estimate of drug-likeness (QED) is 0.593. The van der Waals surface area contributed by atoms with Crippen molar-refractivity contribution in [3.63, 3.8) is 0 Å². The number of aromatic nitrogens is 4. The third kappa shape index (κ3) is 3.33. The Morgan fingerprint density at radius 2 is 1.85 bits per heavy atom. The summed E-state index contributed by atoms with van der Waals surface area (Å²) in [7, 11) is 1.61. The fourth-order valence-electron chi connectivity index (χ4n) is 3.03. The van der Waals surface area contributed by atoms with Gasteiger partial charge in [0.2, 0.25) is 0 Å². The SMILES string of the molecule is Cc1cccc(Cn2c(Sc3ccccc3)nc3c2c(=O)[nH]c(=O)n3C)c1. The smallest absolute Gasteiger partial charge is 0.308 e. The first-order valence-corrected chi connectivity index (χ1v) is 9.32. The number of H-pyrrole nitrogens is 1. The highest BCUT2D eigenvalue weighted by Crippen LogP contribution is 2.29. The van der Waals surface area contributed by atoms with Gasteiger partial charge in [0.25, 0.3) is 5.56 Å². The molecule has 27 heavy (non-hydrogen) atoms. The van der Waals surface area contributed by atoms with Crippen LogP contribution in [-0.2, 0) is 13.6 Å². The van der Waals surface area contributed by atoms with Crippen LogP contribution in [-0.4, -0.2) is 19.1 Å². The van der Waals surface area contributed by atoms with E-state index < -0.39 is 11.2 Å². The molecule has 0 saturated carbocycles. The summed E-state index contributed by atoms with van der Waals surface area (Å²) >= 11 is 1.47. The molecule has 0 bridgehead atoms. The second-order valence-electron chi connectivity index (χ2n) is 6.38. The highest BCUT2D eigenvalue weighted by molar-refractivity contribution is 7.99. The summed E-state index contributed by atoms with van der Waals surface area (Å²) in [5, 5.41) is 0.671. The number of hydrogen-bond donors (Lipinski definition) is 1. The van der Waals surface area contributed by atoms with E-state index in [9.17, 15) is 9.59 Å². The van der Waals surface area contributed by atoms with E-state index in [1.165, 1.54) is 16.3 Å². The average Bonchev–Trinajstić information content (AvgIpc) is 2.99. The first-order chi connectivity index (χ1) is 13.0. The minimum Gasteiger partial charge on any atom is -0.308 e. The number of nitrogens with zero attached hydrogens (tertiary/aromatic N) is 3. The molecular formula is C20H18N4O2S. The molecule has 0 aliphatic heterocycles. The lowest BCUT2D eigenvalue weighted by Gasteiger charge is -2.09. The molecule has 0 spiro atoms. The van der Waals surface area contributed by atoms with Gasteiger partial charge in [-0.2, -0.15) is 0 Å². The van der Waals surface area contributed by atoms with Crippen LogP contribution >= 0.6 is 11.8 Å². The number of aryl methyl sites for hydroxylation is 2. The third-order valence-corrected chi connectivity index (χ3v) is 5.35. The van der Waals surface area contributed by atoms with E-state index in [2.05, 4.69) is 16.0 Å². The molecular weight excluding hydrogens is 360 g/mol. The fraction of sp³-hybridized carbons (Fsp3) is 0.150. The zero-order valence-electron chi connectivity index (χ0n) is 15.0. The standard InChI is InChI=1S/C20H18N4O2S/c1-13-7-6-8-14(11-13)12-24-16-17(23(2)19(26)22-18(16)25)21-20(24)27-15-9-4-3-5-10-15/h3-11H,12H2,1-2H3,(H,22,25,26). The van der Waals surface area contributed by atoms with Gasteiger partial charge in [-0.25, -0.2) is 9.78 Å². The maximum absolute atomic E-state index is 12.6. The van der Waals surface area contributed by atoms with Crippen molar-refractivity contribution in [2.75, 3.05) is 0 Å². The van der Waals surface area contributed by atoms with Gasteiger partial charge in [0.1, 0.15) is 0 Å². The van der Waals surface area contributed by atoms with Crippen LogP contribution < -0.4 is 11.2 Å². The van der Waals surface area contributed by atoms with Gasteiger partial charge in [-0.3, -0.25) is 14.3 Å². The molecule has 0 saturated heterocycles. The number of nitrogens with one attached hydrogen (secondary N) is 1. The number of fused-ring (bicyclic) bond motifs is 1. The minimum absolute atomic E-state index is 0.384. The molecule has 7 heteroatoms. The second-order valence-corrected chi connectivity index (χ2v) is 7.42. The normalized spacial score (nSPS) is 11.2. The van der Waals surface area contributed by atoms with E-state index in [1.54, 1.807) is 7.05 Å². The number of hydrogen-bond acceptors (Lipinski definition) is 4.